The third-order valence-corrected chi connectivity index (χ3v) is 6.21. The van der Waals surface area contributed by atoms with Gasteiger partial charge in [-0.15, -0.1) is 0 Å². The van der Waals surface area contributed by atoms with Crippen molar-refractivity contribution < 1.29 is 14.3 Å². The minimum Gasteiger partial charge on any atom is -0.483 e. The molecule has 3 aromatic carbocycles. The van der Waals surface area contributed by atoms with Crippen LogP contribution in [0.2, 0.25) is 10.0 Å². The summed E-state index contributed by atoms with van der Waals surface area (Å²) >= 11 is 12.4. The van der Waals surface area contributed by atoms with Crippen LogP contribution in [0.3, 0.4) is 0 Å². The van der Waals surface area contributed by atoms with E-state index in [0.717, 1.165) is 17.2 Å². The van der Waals surface area contributed by atoms with Crippen LogP contribution < -0.4 is 10.1 Å². The standard InChI is InChI=1S/C26H28Cl2N2O3/c1-4-17(2)29-26(32)18(3)30(15-20-12-13-21(27)14-23(20)28)25(31)16-33-24-11-7-9-19-8-5-6-10-22(19)24/h5-14,17-18H,4,15-16H2,1-3H3,(H,29,32)/t17-,18-/m0/s1. The average molecular weight is 487 g/mol. The number of carbonyl (C=O) groups is 2. The van der Waals surface area contributed by atoms with Crippen molar-refractivity contribution in [3.05, 3.63) is 76.3 Å². The lowest BCUT2D eigenvalue weighted by molar-refractivity contribution is -0.142. The van der Waals surface area contributed by atoms with Gasteiger partial charge in [0.15, 0.2) is 6.61 Å². The van der Waals surface area contributed by atoms with Crippen LogP contribution in [0, 0.1) is 0 Å². The van der Waals surface area contributed by atoms with Crippen LogP contribution in [0.15, 0.2) is 60.7 Å². The molecule has 0 aliphatic heterocycles. The van der Waals surface area contributed by atoms with Crippen LogP contribution in [-0.4, -0.2) is 35.4 Å². The Morgan fingerprint density at radius 2 is 1.76 bits per heavy atom. The minimum absolute atomic E-state index is 0.00274. The number of hydrogen-bond donors (Lipinski definition) is 1. The zero-order valence-electron chi connectivity index (χ0n) is 19.0. The molecule has 1 N–H and O–H groups in total. The Morgan fingerprint density at radius 3 is 2.48 bits per heavy atom. The molecule has 0 fully saturated rings. The molecule has 0 aliphatic rings. The van der Waals surface area contributed by atoms with E-state index in [1.165, 1.54) is 4.90 Å². The largest absolute Gasteiger partial charge is 0.483 e. The molecule has 0 unspecified atom stereocenters. The predicted octanol–water partition coefficient (Wildman–Crippen LogP) is 5.86. The molecule has 0 aromatic heterocycles. The summed E-state index contributed by atoms with van der Waals surface area (Å²) in [6.07, 6.45) is 0.791. The topological polar surface area (TPSA) is 58.6 Å². The molecule has 0 saturated carbocycles. The molecule has 0 radical (unpaired) electrons. The Kier molecular flexibility index (Phi) is 8.59. The molecule has 7 heteroatoms. The summed E-state index contributed by atoms with van der Waals surface area (Å²) in [7, 11) is 0. The molecule has 0 saturated heterocycles. The zero-order valence-corrected chi connectivity index (χ0v) is 20.5. The lowest BCUT2D eigenvalue weighted by Gasteiger charge is -2.30. The maximum atomic E-state index is 13.3. The Balaban J connectivity index is 1.82. The van der Waals surface area contributed by atoms with Crippen molar-refractivity contribution in [2.45, 2.75) is 45.8 Å². The highest BCUT2D eigenvalue weighted by Gasteiger charge is 2.28. The molecular formula is C26H28Cl2N2O3. The van der Waals surface area contributed by atoms with Gasteiger partial charge in [0, 0.05) is 28.0 Å². The summed E-state index contributed by atoms with van der Waals surface area (Å²) in [4.78, 5) is 27.6. The number of carbonyl (C=O) groups excluding carboxylic acids is 2. The van der Waals surface area contributed by atoms with Gasteiger partial charge in [-0.2, -0.15) is 0 Å². The fourth-order valence-electron chi connectivity index (χ4n) is 3.43. The zero-order chi connectivity index (χ0) is 24.0. The van der Waals surface area contributed by atoms with Gasteiger partial charge in [-0.05, 0) is 49.4 Å². The number of hydrogen-bond acceptors (Lipinski definition) is 3. The van der Waals surface area contributed by atoms with Crippen LogP contribution in [0.1, 0.15) is 32.8 Å². The van der Waals surface area contributed by atoms with E-state index in [9.17, 15) is 9.59 Å². The second-order valence-corrected chi connectivity index (χ2v) is 8.86. The Bertz CT molecular complexity index is 1130. The molecule has 3 aromatic rings. The fourth-order valence-corrected chi connectivity index (χ4v) is 3.89. The van der Waals surface area contributed by atoms with Crippen molar-refractivity contribution in [3.8, 4) is 5.75 Å². The quantitative estimate of drug-likeness (QED) is 0.412. The number of fused-ring (bicyclic) bond motifs is 1. The first-order valence-corrected chi connectivity index (χ1v) is 11.7. The van der Waals surface area contributed by atoms with E-state index < -0.39 is 6.04 Å². The molecule has 2 atom stereocenters. The maximum Gasteiger partial charge on any atom is 0.261 e. The number of halogens is 2. The predicted molar refractivity (Wildman–Crippen MR) is 134 cm³/mol. The van der Waals surface area contributed by atoms with Gasteiger partial charge in [0.05, 0.1) is 0 Å². The summed E-state index contributed by atoms with van der Waals surface area (Å²) in [5.41, 5.74) is 0.697. The van der Waals surface area contributed by atoms with Crippen molar-refractivity contribution in [1.29, 1.82) is 0 Å². The van der Waals surface area contributed by atoms with Crippen LogP contribution in [-0.2, 0) is 16.1 Å². The second-order valence-electron chi connectivity index (χ2n) is 8.02. The van der Waals surface area contributed by atoms with Gasteiger partial charge in [-0.1, -0.05) is 72.6 Å². The number of nitrogens with zero attached hydrogens (tertiary/aromatic N) is 1. The number of nitrogens with one attached hydrogen (secondary N) is 1. The van der Waals surface area contributed by atoms with Gasteiger partial charge in [-0.25, -0.2) is 0 Å². The molecule has 0 spiro atoms. The SMILES string of the molecule is CC[C@H](C)NC(=O)[C@H](C)N(Cc1ccc(Cl)cc1Cl)C(=O)COc1cccc2ccccc12. The first-order chi connectivity index (χ1) is 15.8. The first kappa shape index (κ1) is 24.9. The van der Waals surface area contributed by atoms with Crippen LogP contribution in [0.4, 0.5) is 0 Å². The lowest BCUT2D eigenvalue weighted by Crippen LogP contribution is -2.50. The summed E-state index contributed by atoms with van der Waals surface area (Å²) in [6.45, 7) is 5.57. The van der Waals surface area contributed by atoms with Gasteiger partial charge >= 0.3 is 0 Å². The van der Waals surface area contributed by atoms with Crippen molar-refractivity contribution in [2.75, 3.05) is 6.61 Å². The highest BCUT2D eigenvalue weighted by Crippen LogP contribution is 2.26. The summed E-state index contributed by atoms with van der Waals surface area (Å²) in [6, 6.07) is 17.9. The monoisotopic (exact) mass is 486 g/mol. The van der Waals surface area contributed by atoms with Crippen molar-refractivity contribution >= 4 is 45.8 Å². The van der Waals surface area contributed by atoms with E-state index in [1.54, 1.807) is 25.1 Å². The average Bonchev–Trinajstić information content (AvgIpc) is 2.81. The van der Waals surface area contributed by atoms with Gasteiger partial charge < -0.3 is 15.0 Å². The number of amides is 2. The summed E-state index contributed by atoms with van der Waals surface area (Å²) in [5, 5.41) is 5.82. The highest BCUT2D eigenvalue weighted by atomic mass is 35.5. The second kappa shape index (κ2) is 11.4. The highest BCUT2D eigenvalue weighted by molar-refractivity contribution is 6.35. The number of benzene rings is 3. The Morgan fingerprint density at radius 1 is 1.03 bits per heavy atom. The molecule has 0 aliphatic carbocycles. The normalized spacial score (nSPS) is 12.8. The minimum atomic E-state index is -0.714. The fraction of sp³-hybridized carbons (Fsp3) is 0.308. The Hall–Kier alpha value is -2.76. The van der Waals surface area contributed by atoms with E-state index in [4.69, 9.17) is 27.9 Å². The molecule has 33 heavy (non-hydrogen) atoms. The molecule has 174 valence electrons. The first-order valence-electron chi connectivity index (χ1n) is 10.9. The van der Waals surface area contributed by atoms with Crippen LogP contribution in [0.25, 0.3) is 10.8 Å². The molecule has 0 bridgehead atoms. The summed E-state index contributed by atoms with van der Waals surface area (Å²) in [5.74, 6) is 0.0661. The number of rotatable bonds is 9. The molecule has 0 heterocycles. The van der Waals surface area contributed by atoms with Crippen LogP contribution in [0.5, 0.6) is 5.75 Å². The van der Waals surface area contributed by atoms with Crippen molar-refractivity contribution in [1.82, 2.24) is 10.2 Å². The maximum absolute atomic E-state index is 13.3. The van der Waals surface area contributed by atoms with Gasteiger partial charge in [0.25, 0.3) is 5.91 Å². The van der Waals surface area contributed by atoms with Gasteiger partial charge in [-0.3, -0.25) is 9.59 Å². The summed E-state index contributed by atoms with van der Waals surface area (Å²) < 4.78 is 5.90. The third kappa shape index (κ3) is 6.40. The van der Waals surface area contributed by atoms with Crippen molar-refractivity contribution in [3.63, 3.8) is 0 Å². The van der Waals surface area contributed by atoms with Gasteiger partial charge in [0.2, 0.25) is 5.91 Å². The lowest BCUT2D eigenvalue weighted by atomic mass is 10.1. The molecule has 5 nitrogen and oxygen atoms in total. The van der Waals surface area contributed by atoms with E-state index in [1.807, 2.05) is 56.3 Å². The third-order valence-electron chi connectivity index (χ3n) is 5.62. The number of ether oxygens (including phenoxy) is 1. The van der Waals surface area contributed by atoms with E-state index in [2.05, 4.69) is 5.32 Å². The smallest absolute Gasteiger partial charge is 0.261 e. The van der Waals surface area contributed by atoms with E-state index in [0.29, 0.717) is 21.4 Å². The van der Waals surface area contributed by atoms with E-state index >= 15 is 0 Å². The van der Waals surface area contributed by atoms with E-state index in [-0.39, 0.29) is 31.0 Å². The Labute approximate surface area is 204 Å². The van der Waals surface area contributed by atoms with Crippen LogP contribution >= 0.6 is 23.2 Å². The molecular weight excluding hydrogens is 459 g/mol. The molecule has 3 rings (SSSR count). The molecule has 2 amide bonds. The van der Waals surface area contributed by atoms with Gasteiger partial charge in [0.1, 0.15) is 11.8 Å². The van der Waals surface area contributed by atoms with Crippen molar-refractivity contribution in [2.24, 2.45) is 0 Å².